The van der Waals surface area contributed by atoms with E-state index in [1.54, 1.807) is 12.1 Å². The van der Waals surface area contributed by atoms with Crippen molar-refractivity contribution < 1.29 is 61.6 Å². The van der Waals surface area contributed by atoms with Crippen LogP contribution in [0, 0.1) is 0 Å². The highest BCUT2D eigenvalue weighted by molar-refractivity contribution is 5.69. The number of nitrogens with two attached hydrogens (primary N) is 1. The molecule has 54 heavy (non-hydrogen) atoms. The van der Waals surface area contributed by atoms with Crippen molar-refractivity contribution in [3.8, 4) is 5.75 Å². The molecule has 0 unspecified atom stereocenters. The van der Waals surface area contributed by atoms with E-state index in [0.29, 0.717) is 151 Å². The fraction of sp³-hybridized carbons (Fsp3) is 0.825. The lowest BCUT2D eigenvalue weighted by molar-refractivity contribution is -0.145. The van der Waals surface area contributed by atoms with Gasteiger partial charge >= 0.3 is 5.97 Å². The molecule has 0 saturated heterocycles. The first-order valence-electron chi connectivity index (χ1n) is 20.1. The molecule has 1 aromatic carbocycles. The second-order valence-electron chi connectivity index (χ2n) is 12.3. The number of rotatable bonds is 44. The molecule has 0 atom stereocenters. The van der Waals surface area contributed by atoms with E-state index in [2.05, 4.69) is 6.92 Å². The van der Waals surface area contributed by atoms with Crippen molar-refractivity contribution >= 4 is 11.7 Å². The van der Waals surface area contributed by atoms with Crippen LogP contribution in [-0.2, 0) is 56.9 Å². The van der Waals surface area contributed by atoms with E-state index < -0.39 is 0 Å². The molecule has 14 nitrogen and oxygen atoms in total. The lowest BCUT2D eigenvalue weighted by Crippen LogP contribution is -2.15. The van der Waals surface area contributed by atoms with Gasteiger partial charge in [0.15, 0.2) is 0 Å². The summed E-state index contributed by atoms with van der Waals surface area (Å²) in [4.78, 5) is 11.8. The molecule has 1 rings (SSSR count). The lowest BCUT2D eigenvalue weighted by atomic mass is 10.1. The van der Waals surface area contributed by atoms with Gasteiger partial charge < -0.3 is 62.6 Å². The third-order valence-corrected chi connectivity index (χ3v) is 7.70. The van der Waals surface area contributed by atoms with Crippen molar-refractivity contribution in [1.29, 1.82) is 0 Å². The zero-order chi connectivity index (χ0) is 38.7. The van der Waals surface area contributed by atoms with E-state index in [9.17, 15) is 4.79 Å². The van der Waals surface area contributed by atoms with Gasteiger partial charge in [0.1, 0.15) is 19.0 Å². The second kappa shape index (κ2) is 42.0. The Hall–Kier alpha value is -2.11. The van der Waals surface area contributed by atoms with E-state index in [1.807, 2.05) is 12.1 Å². The van der Waals surface area contributed by atoms with E-state index in [1.165, 1.54) is 44.9 Å². The van der Waals surface area contributed by atoms with Crippen LogP contribution in [0.3, 0.4) is 0 Å². The van der Waals surface area contributed by atoms with Crippen LogP contribution in [0.5, 0.6) is 5.75 Å². The van der Waals surface area contributed by atoms with Crippen LogP contribution in [0.25, 0.3) is 0 Å². The molecule has 0 bridgehead atoms. The van der Waals surface area contributed by atoms with Crippen molar-refractivity contribution in [1.82, 2.24) is 0 Å². The van der Waals surface area contributed by atoms with E-state index >= 15 is 0 Å². The quantitative estimate of drug-likeness (QED) is 0.0520. The molecule has 0 fully saturated rings. The van der Waals surface area contributed by atoms with Crippen molar-refractivity contribution in [3.05, 3.63) is 24.3 Å². The van der Waals surface area contributed by atoms with Crippen LogP contribution in [-0.4, -0.2) is 151 Å². The Balaban J connectivity index is 1.63. The monoisotopic (exact) mass is 776 g/mol. The molecule has 0 saturated carbocycles. The standard InChI is InChI=1S/C40H73NO13/c1-2-3-4-5-6-7-8-9-10-11-40(42)54-37-35-52-33-31-50-29-27-48-25-23-46-21-19-44-17-16-43-18-20-45-22-24-47-26-28-49-30-32-51-34-36-53-39-14-12-38(41)13-15-39/h12-15H,2-11,16-37,41H2,1H3. The summed E-state index contributed by atoms with van der Waals surface area (Å²) < 4.78 is 65.6. The van der Waals surface area contributed by atoms with Crippen molar-refractivity contribution in [3.63, 3.8) is 0 Å². The number of esters is 1. The molecule has 0 aliphatic heterocycles. The van der Waals surface area contributed by atoms with Gasteiger partial charge in [0.2, 0.25) is 0 Å². The van der Waals surface area contributed by atoms with Gasteiger partial charge in [-0.2, -0.15) is 0 Å². The molecular weight excluding hydrogens is 702 g/mol. The summed E-state index contributed by atoms with van der Waals surface area (Å²) >= 11 is 0. The maximum Gasteiger partial charge on any atom is 0.305 e. The van der Waals surface area contributed by atoms with E-state index in [4.69, 9.17) is 62.6 Å². The summed E-state index contributed by atoms with van der Waals surface area (Å²) in [6, 6.07) is 7.26. The molecular formula is C40H73NO13. The number of benzene rings is 1. The minimum Gasteiger partial charge on any atom is -0.491 e. The Labute approximate surface area is 325 Å². The first-order chi connectivity index (χ1) is 26.7. The number of nitrogen functional groups attached to an aromatic ring is 1. The second-order valence-corrected chi connectivity index (χ2v) is 12.3. The van der Waals surface area contributed by atoms with Crippen LogP contribution in [0.1, 0.15) is 71.1 Å². The summed E-state index contributed by atoms with van der Waals surface area (Å²) in [5, 5.41) is 0. The molecule has 14 heteroatoms. The average molecular weight is 776 g/mol. The minimum absolute atomic E-state index is 0.138. The van der Waals surface area contributed by atoms with Gasteiger partial charge in [-0.1, -0.05) is 58.3 Å². The van der Waals surface area contributed by atoms with Gasteiger partial charge in [-0.25, -0.2) is 0 Å². The van der Waals surface area contributed by atoms with Gasteiger partial charge in [0.05, 0.1) is 132 Å². The SMILES string of the molecule is CCCCCCCCCCCC(=O)OCCOCCOCCOCCOCCOCCOCCOCCOCCOCCOCCOc1ccc(N)cc1. The third-order valence-electron chi connectivity index (χ3n) is 7.70. The Morgan fingerprint density at radius 2 is 0.704 bits per heavy atom. The molecule has 2 N–H and O–H groups in total. The summed E-state index contributed by atoms with van der Waals surface area (Å²) in [6.45, 7) is 12.7. The minimum atomic E-state index is -0.138. The number of hydrogen-bond acceptors (Lipinski definition) is 14. The van der Waals surface area contributed by atoms with Crippen molar-refractivity contribution in [2.45, 2.75) is 71.1 Å². The predicted molar refractivity (Wildman–Crippen MR) is 207 cm³/mol. The van der Waals surface area contributed by atoms with E-state index in [0.717, 1.165) is 18.6 Å². The van der Waals surface area contributed by atoms with E-state index in [-0.39, 0.29) is 12.6 Å². The molecule has 0 amide bonds. The fourth-order valence-electron chi connectivity index (χ4n) is 4.73. The Bertz CT molecular complexity index is 897. The summed E-state index contributed by atoms with van der Waals surface area (Å²) in [5.74, 6) is 0.632. The Morgan fingerprint density at radius 1 is 0.407 bits per heavy atom. The molecule has 0 heterocycles. The third kappa shape index (κ3) is 38.2. The number of hydrogen-bond donors (Lipinski definition) is 1. The van der Waals surface area contributed by atoms with Gasteiger partial charge in [0, 0.05) is 12.1 Å². The summed E-state index contributed by atoms with van der Waals surface area (Å²) in [7, 11) is 0. The zero-order valence-electron chi connectivity index (χ0n) is 33.3. The molecule has 316 valence electrons. The van der Waals surface area contributed by atoms with Crippen LogP contribution in [0.15, 0.2) is 24.3 Å². The van der Waals surface area contributed by atoms with Gasteiger partial charge in [-0.3, -0.25) is 4.79 Å². The van der Waals surface area contributed by atoms with Crippen LogP contribution in [0.4, 0.5) is 5.69 Å². The molecule has 0 aliphatic rings. The van der Waals surface area contributed by atoms with Crippen LogP contribution >= 0.6 is 0 Å². The van der Waals surface area contributed by atoms with Crippen LogP contribution < -0.4 is 10.5 Å². The maximum absolute atomic E-state index is 11.8. The van der Waals surface area contributed by atoms with Crippen molar-refractivity contribution in [2.75, 3.05) is 151 Å². The number of ether oxygens (including phenoxy) is 12. The fourth-order valence-corrected chi connectivity index (χ4v) is 4.73. The van der Waals surface area contributed by atoms with Crippen molar-refractivity contribution in [2.24, 2.45) is 0 Å². The molecule has 1 aromatic rings. The summed E-state index contributed by atoms with van der Waals surface area (Å²) in [6.07, 6.45) is 11.6. The highest BCUT2D eigenvalue weighted by Gasteiger charge is 2.03. The molecule has 0 aromatic heterocycles. The Kier molecular flexibility index (Phi) is 38.9. The van der Waals surface area contributed by atoms with Gasteiger partial charge in [-0.15, -0.1) is 0 Å². The topological polar surface area (TPSA) is 154 Å². The zero-order valence-corrected chi connectivity index (χ0v) is 33.3. The molecule has 0 spiro atoms. The largest absolute Gasteiger partial charge is 0.491 e. The van der Waals surface area contributed by atoms with Gasteiger partial charge in [-0.05, 0) is 30.7 Å². The normalized spacial score (nSPS) is 11.4. The first kappa shape index (κ1) is 49.9. The highest BCUT2D eigenvalue weighted by atomic mass is 16.6. The molecule has 0 aliphatic carbocycles. The van der Waals surface area contributed by atoms with Gasteiger partial charge in [0.25, 0.3) is 0 Å². The molecule has 0 radical (unpaired) electrons. The Morgan fingerprint density at radius 3 is 1.06 bits per heavy atom. The highest BCUT2D eigenvalue weighted by Crippen LogP contribution is 2.13. The number of carbonyl (C=O) groups is 1. The number of carbonyl (C=O) groups excluding carboxylic acids is 1. The average Bonchev–Trinajstić information content (AvgIpc) is 3.18. The lowest BCUT2D eigenvalue weighted by Gasteiger charge is -2.09. The number of anilines is 1. The predicted octanol–water partition coefficient (Wildman–Crippen LogP) is 5.28. The smallest absolute Gasteiger partial charge is 0.305 e. The van der Waals surface area contributed by atoms with Crippen LogP contribution in [0.2, 0.25) is 0 Å². The maximum atomic E-state index is 11.8. The number of unbranched alkanes of at least 4 members (excludes halogenated alkanes) is 8. The first-order valence-corrected chi connectivity index (χ1v) is 20.1. The summed E-state index contributed by atoms with van der Waals surface area (Å²) in [5.41, 5.74) is 6.36.